The molecular weight excluding hydrogens is 382 g/mol. The van der Waals surface area contributed by atoms with E-state index in [-0.39, 0.29) is 6.04 Å². The topological polar surface area (TPSA) is 70.6 Å². The summed E-state index contributed by atoms with van der Waals surface area (Å²) in [5, 5.41) is 3.06. The molecule has 2 aliphatic rings. The largest absolute Gasteiger partial charge is 0.331 e. The van der Waals surface area contributed by atoms with Crippen molar-refractivity contribution in [1.82, 2.24) is 4.72 Å². The highest BCUT2D eigenvalue weighted by Crippen LogP contribution is 2.38. The summed E-state index contributed by atoms with van der Waals surface area (Å²) in [7, 11) is -3.07. The lowest BCUT2D eigenvalue weighted by atomic mass is 9.99. The number of nitrogens with zero attached hydrogens (tertiary/aromatic N) is 1. The van der Waals surface area contributed by atoms with Gasteiger partial charge >= 0.3 is 6.03 Å². The summed E-state index contributed by atoms with van der Waals surface area (Å²) in [5.74, 6) is 0. The molecule has 0 fully saturated rings. The van der Waals surface area contributed by atoms with Crippen molar-refractivity contribution in [2.45, 2.75) is 70.2 Å². The molecule has 5 nitrogen and oxygen atoms in total. The van der Waals surface area contributed by atoms with E-state index >= 15 is 0 Å². The Morgan fingerprint density at radius 2 is 1.59 bits per heavy atom. The number of benzene rings is 2. The van der Waals surface area contributed by atoms with Crippen molar-refractivity contribution in [3.8, 4) is 0 Å². The molecule has 0 aromatic heterocycles. The van der Waals surface area contributed by atoms with Gasteiger partial charge in [-0.3, -0.25) is 0 Å². The molecule has 0 aliphatic heterocycles. The molecule has 0 saturated carbocycles. The van der Waals surface area contributed by atoms with E-state index < -0.39 is 15.9 Å². The third-order valence-electron chi connectivity index (χ3n) is 5.64. The molecule has 29 heavy (non-hydrogen) atoms. The van der Waals surface area contributed by atoms with Crippen LogP contribution in [-0.2, 0) is 35.6 Å². The lowest BCUT2D eigenvalue weighted by molar-refractivity contribution is 0.256. The van der Waals surface area contributed by atoms with Gasteiger partial charge in [-0.15, -0.1) is 0 Å². The zero-order valence-corrected chi connectivity index (χ0v) is 18.2. The second-order valence-corrected chi connectivity index (χ2v) is 10.3. The summed E-state index contributed by atoms with van der Waals surface area (Å²) in [4.78, 5) is 13.5. The van der Waals surface area contributed by atoms with Crippen LogP contribution < -0.4 is 10.0 Å². The fourth-order valence-corrected chi connectivity index (χ4v) is 6.09. The van der Waals surface area contributed by atoms with Gasteiger partial charge in [0.05, 0.1) is 10.9 Å². The fourth-order valence-electron chi connectivity index (χ4n) is 4.40. The first-order chi connectivity index (χ1) is 13.9. The van der Waals surface area contributed by atoms with Crippen molar-refractivity contribution in [2.24, 2.45) is 4.36 Å². The number of urea groups is 1. The summed E-state index contributed by atoms with van der Waals surface area (Å²) < 4.78 is 20.7. The molecule has 0 spiro atoms. The van der Waals surface area contributed by atoms with Crippen LogP contribution in [0.5, 0.6) is 0 Å². The molecule has 1 atom stereocenters. The van der Waals surface area contributed by atoms with E-state index in [9.17, 15) is 9.00 Å². The third-order valence-corrected chi connectivity index (χ3v) is 7.73. The van der Waals surface area contributed by atoms with Crippen LogP contribution in [0.25, 0.3) is 0 Å². The normalized spacial score (nSPS) is 16.8. The van der Waals surface area contributed by atoms with Crippen molar-refractivity contribution >= 4 is 21.6 Å². The van der Waals surface area contributed by atoms with Gasteiger partial charge in [-0.05, 0) is 93.7 Å². The Balaban J connectivity index is 1.65. The molecule has 2 aliphatic carbocycles. The molecule has 0 bridgehead atoms. The highest BCUT2D eigenvalue weighted by atomic mass is 32.2. The maximum atomic E-state index is 13.6. The maximum Gasteiger partial charge on any atom is 0.331 e. The van der Waals surface area contributed by atoms with Crippen LogP contribution in [0, 0.1) is 6.92 Å². The van der Waals surface area contributed by atoms with Gasteiger partial charge in [0.25, 0.3) is 0 Å². The number of amides is 2. The summed E-state index contributed by atoms with van der Waals surface area (Å²) >= 11 is 0. The number of hydrogen-bond acceptors (Lipinski definition) is 3. The minimum atomic E-state index is -3.07. The van der Waals surface area contributed by atoms with E-state index in [4.69, 9.17) is 0 Å². The average Bonchev–Trinajstić information content (AvgIpc) is 3.30. The Morgan fingerprint density at radius 3 is 2.14 bits per heavy atom. The zero-order chi connectivity index (χ0) is 20.6. The van der Waals surface area contributed by atoms with E-state index in [2.05, 4.69) is 20.5 Å². The van der Waals surface area contributed by atoms with Crippen molar-refractivity contribution in [3.05, 3.63) is 58.1 Å². The lowest BCUT2D eigenvalue weighted by Crippen LogP contribution is -2.35. The van der Waals surface area contributed by atoms with Gasteiger partial charge in [0.2, 0.25) is 0 Å². The minimum Gasteiger partial charge on any atom is -0.307 e. The number of anilines is 1. The number of rotatable bonds is 4. The number of aryl methyl sites for hydroxylation is 3. The van der Waals surface area contributed by atoms with Crippen LogP contribution in [-0.4, -0.2) is 16.3 Å². The molecule has 154 valence electrons. The van der Waals surface area contributed by atoms with Gasteiger partial charge < -0.3 is 5.32 Å². The van der Waals surface area contributed by atoms with E-state index in [0.717, 1.165) is 49.8 Å². The van der Waals surface area contributed by atoms with Gasteiger partial charge in [-0.25, -0.2) is 18.1 Å². The van der Waals surface area contributed by atoms with E-state index in [0.29, 0.717) is 4.90 Å². The number of fused-ring (bicyclic) bond motifs is 2. The van der Waals surface area contributed by atoms with Crippen molar-refractivity contribution < 1.29 is 9.00 Å². The molecule has 6 heteroatoms. The first-order valence-corrected chi connectivity index (χ1v) is 12.0. The first kappa shape index (κ1) is 20.0. The lowest BCUT2D eigenvalue weighted by Gasteiger charge is -2.18. The number of hydrogen-bond donors (Lipinski definition) is 2. The van der Waals surface area contributed by atoms with Gasteiger partial charge in [-0.1, -0.05) is 23.8 Å². The third kappa shape index (κ3) is 4.04. The molecule has 2 amide bonds. The van der Waals surface area contributed by atoms with E-state index in [1.807, 2.05) is 32.9 Å². The number of carbonyl (C=O) groups excluding carboxylic acids is 1. The molecule has 2 N–H and O–H groups in total. The Bertz CT molecular complexity index is 1030. The Labute approximate surface area is 173 Å². The Kier molecular flexibility index (Phi) is 5.38. The van der Waals surface area contributed by atoms with Gasteiger partial charge in [-0.2, -0.15) is 0 Å². The molecule has 4 rings (SSSR count). The van der Waals surface area contributed by atoms with Gasteiger partial charge in [0.15, 0.2) is 9.92 Å². The summed E-state index contributed by atoms with van der Waals surface area (Å²) in [6, 6.07) is 9.05. The molecular formula is C23H29N3O2S. The summed E-state index contributed by atoms with van der Waals surface area (Å²) in [6.07, 6.45) is 6.36. The smallest absolute Gasteiger partial charge is 0.307 e. The molecule has 0 heterocycles. The van der Waals surface area contributed by atoms with E-state index in [1.165, 1.54) is 22.3 Å². The van der Waals surface area contributed by atoms with Gasteiger partial charge in [0.1, 0.15) is 0 Å². The van der Waals surface area contributed by atoms with E-state index in [1.54, 1.807) is 12.1 Å². The molecule has 0 saturated heterocycles. The predicted molar refractivity (Wildman–Crippen MR) is 118 cm³/mol. The van der Waals surface area contributed by atoms with Crippen molar-refractivity contribution in [2.75, 3.05) is 5.32 Å². The standard InChI is InChI=1S/C23H29N3O2S/c1-15(2)25-29(28,19-12-10-16(3)11-13-19)26-23(27)24-22-20-8-4-6-17(20)14-18-7-5-9-21(18)22/h10-15H,4-9H2,1-3H3,(H2,24,25,26,27,28). The van der Waals surface area contributed by atoms with Crippen LogP contribution in [0.2, 0.25) is 0 Å². The fraction of sp³-hybridized carbons (Fsp3) is 0.435. The molecule has 1 unspecified atom stereocenters. The zero-order valence-electron chi connectivity index (χ0n) is 17.4. The number of nitrogens with one attached hydrogen (secondary N) is 2. The van der Waals surface area contributed by atoms with Crippen LogP contribution >= 0.6 is 0 Å². The Hall–Kier alpha value is -2.34. The number of carbonyl (C=O) groups is 1. The summed E-state index contributed by atoms with van der Waals surface area (Å²) in [5.41, 5.74) is 7.23. The highest BCUT2D eigenvalue weighted by Gasteiger charge is 2.26. The van der Waals surface area contributed by atoms with Crippen LogP contribution in [0.15, 0.2) is 39.6 Å². The Morgan fingerprint density at radius 1 is 1.00 bits per heavy atom. The van der Waals surface area contributed by atoms with Crippen molar-refractivity contribution in [1.29, 1.82) is 0 Å². The molecule has 2 aromatic rings. The maximum absolute atomic E-state index is 13.6. The monoisotopic (exact) mass is 411 g/mol. The predicted octanol–water partition coefficient (Wildman–Crippen LogP) is 4.94. The second-order valence-electron chi connectivity index (χ2n) is 8.33. The minimum absolute atomic E-state index is 0.172. The summed E-state index contributed by atoms with van der Waals surface area (Å²) in [6.45, 7) is 5.70. The first-order valence-electron chi connectivity index (χ1n) is 10.4. The molecule has 2 aromatic carbocycles. The van der Waals surface area contributed by atoms with Crippen LogP contribution in [0.3, 0.4) is 0 Å². The van der Waals surface area contributed by atoms with Gasteiger partial charge in [0, 0.05) is 5.69 Å². The quantitative estimate of drug-likeness (QED) is 0.748. The molecule has 0 radical (unpaired) electrons. The highest BCUT2D eigenvalue weighted by molar-refractivity contribution is 7.92. The SMILES string of the molecule is Cc1ccc(S(=O)(=NC(C)C)NC(=O)Nc2c3c(cc4c2CCC4)CCC3)cc1. The van der Waals surface area contributed by atoms with Crippen LogP contribution in [0.4, 0.5) is 10.5 Å². The van der Waals surface area contributed by atoms with Crippen LogP contribution in [0.1, 0.15) is 54.5 Å². The average molecular weight is 412 g/mol. The van der Waals surface area contributed by atoms with Crippen molar-refractivity contribution in [3.63, 3.8) is 0 Å². The second kappa shape index (κ2) is 7.82.